The third-order valence-electron chi connectivity index (χ3n) is 3.58. The van der Waals surface area contributed by atoms with Crippen molar-refractivity contribution in [2.75, 3.05) is 20.8 Å². The lowest BCUT2D eigenvalue weighted by molar-refractivity contribution is 0.288. The molecule has 2 aromatic carbocycles. The van der Waals surface area contributed by atoms with Gasteiger partial charge >= 0.3 is 0 Å². The fourth-order valence-corrected chi connectivity index (χ4v) is 2.54. The largest absolute Gasteiger partial charge is 0.496 e. The van der Waals surface area contributed by atoms with E-state index in [1.807, 2.05) is 0 Å². The van der Waals surface area contributed by atoms with E-state index >= 15 is 0 Å². The highest BCUT2D eigenvalue weighted by Crippen LogP contribution is 2.35. The molecule has 2 N–H and O–H groups in total. The topological polar surface area (TPSA) is 44.5 Å². The van der Waals surface area contributed by atoms with Crippen LogP contribution in [0.4, 0.5) is 0 Å². The van der Waals surface area contributed by atoms with Gasteiger partial charge in [-0.1, -0.05) is 24.3 Å². The lowest BCUT2D eigenvalue weighted by atomic mass is 9.98. The van der Waals surface area contributed by atoms with Crippen molar-refractivity contribution in [1.29, 1.82) is 0 Å². The fourth-order valence-electron chi connectivity index (χ4n) is 2.54. The van der Waals surface area contributed by atoms with Gasteiger partial charge in [0.15, 0.2) is 0 Å². The zero-order valence-corrected chi connectivity index (χ0v) is 13.0. The zero-order chi connectivity index (χ0) is 15.2. The van der Waals surface area contributed by atoms with E-state index in [9.17, 15) is 0 Å². The summed E-state index contributed by atoms with van der Waals surface area (Å²) in [5.74, 6) is 1.93. The Morgan fingerprint density at radius 1 is 1.10 bits per heavy atom. The van der Waals surface area contributed by atoms with Gasteiger partial charge in [0.25, 0.3) is 0 Å². The Hall–Kier alpha value is -2.00. The van der Waals surface area contributed by atoms with Crippen molar-refractivity contribution in [2.45, 2.75) is 19.8 Å². The maximum absolute atomic E-state index is 5.74. The lowest BCUT2D eigenvalue weighted by Gasteiger charge is -2.18. The van der Waals surface area contributed by atoms with Crippen LogP contribution in [0.5, 0.6) is 11.5 Å². The van der Waals surface area contributed by atoms with Crippen LogP contribution in [0.2, 0.25) is 0 Å². The molecular weight excluding hydrogens is 262 g/mol. The summed E-state index contributed by atoms with van der Waals surface area (Å²) in [4.78, 5) is 0. The quantitative estimate of drug-likeness (QED) is 0.917. The first kappa shape index (κ1) is 15.4. The first-order valence-corrected chi connectivity index (χ1v) is 7.26. The summed E-state index contributed by atoms with van der Waals surface area (Å²) in [6, 6.07) is 12.7. The van der Waals surface area contributed by atoms with Gasteiger partial charge < -0.3 is 15.2 Å². The second-order valence-electron chi connectivity index (χ2n) is 4.98. The zero-order valence-electron chi connectivity index (χ0n) is 13.0. The highest BCUT2D eigenvalue weighted by Gasteiger charge is 2.13. The SMILES string of the molecule is CN.COc1cc(C)ccc1-c1ccc2c(c1)OCCC2. The van der Waals surface area contributed by atoms with Crippen LogP contribution >= 0.6 is 0 Å². The molecular formula is C18H23NO2. The number of aryl methyl sites for hydroxylation is 2. The van der Waals surface area contributed by atoms with E-state index in [-0.39, 0.29) is 0 Å². The molecule has 0 aromatic heterocycles. The minimum absolute atomic E-state index is 0.821. The summed E-state index contributed by atoms with van der Waals surface area (Å²) >= 11 is 0. The van der Waals surface area contributed by atoms with Crippen molar-refractivity contribution in [1.82, 2.24) is 0 Å². The van der Waals surface area contributed by atoms with Crippen molar-refractivity contribution in [2.24, 2.45) is 5.73 Å². The average Bonchev–Trinajstić information content (AvgIpc) is 2.56. The lowest BCUT2D eigenvalue weighted by Crippen LogP contribution is -2.08. The molecule has 3 nitrogen and oxygen atoms in total. The third kappa shape index (κ3) is 3.37. The molecule has 0 amide bonds. The number of hydrogen-bond donors (Lipinski definition) is 1. The predicted molar refractivity (Wildman–Crippen MR) is 87.1 cm³/mol. The molecule has 0 fully saturated rings. The molecule has 1 aliphatic rings. The van der Waals surface area contributed by atoms with Gasteiger partial charge in [-0.25, -0.2) is 0 Å². The van der Waals surface area contributed by atoms with Crippen molar-refractivity contribution in [3.8, 4) is 22.6 Å². The van der Waals surface area contributed by atoms with Crippen LogP contribution < -0.4 is 15.2 Å². The number of rotatable bonds is 2. The standard InChI is InChI=1S/C17H18O2.CH5N/c1-12-5-8-15(17(10-12)18-2)14-7-6-13-4-3-9-19-16(13)11-14;1-2/h5-8,10-11H,3-4,9H2,1-2H3;2H2,1H3. The van der Waals surface area contributed by atoms with Gasteiger partial charge in [-0.05, 0) is 55.6 Å². The van der Waals surface area contributed by atoms with Crippen molar-refractivity contribution in [3.05, 3.63) is 47.5 Å². The maximum Gasteiger partial charge on any atom is 0.126 e. The van der Waals surface area contributed by atoms with E-state index in [0.717, 1.165) is 42.1 Å². The highest BCUT2D eigenvalue weighted by molar-refractivity contribution is 5.72. The van der Waals surface area contributed by atoms with Gasteiger partial charge in [-0.2, -0.15) is 0 Å². The Balaban J connectivity index is 0.000000774. The Morgan fingerprint density at radius 3 is 2.67 bits per heavy atom. The molecule has 0 aliphatic carbocycles. The number of benzene rings is 2. The minimum atomic E-state index is 0.821. The van der Waals surface area contributed by atoms with Crippen LogP contribution in [0.25, 0.3) is 11.1 Å². The van der Waals surface area contributed by atoms with Gasteiger partial charge in [0.1, 0.15) is 11.5 Å². The normalized spacial score (nSPS) is 12.6. The highest BCUT2D eigenvalue weighted by atomic mass is 16.5. The summed E-state index contributed by atoms with van der Waals surface area (Å²) < 4.78 is 11.2. The van der Waals surface area contributed by atoms with E-state index in [1.165, 1.54) is 18.2 Å². The smallest absolute Gasteiger partial charge is 0.126 e. The molecule has 0 atom stereocenters. The molecule has 2 aromatic rings. The van der Waals surface area contributed by atoms with Gasteiger partial charge in [-0.3, -0.25) is 0 Å². The number of methoxy groups -OCH3 is 1. The van der Waals surface area contributed by atoms with Gasteiger partial charge in [-0.15, -0.1) is 0 Å². The molecule has 0 saturated carbocycles. The molecule has 112 valence electrons. The monoisotopic (exact) mass is 285 g/mol. The van der Waals surface area contributed by atoms with Gasteiger partial charge in [0.2, 0.25) is 0 Å². The van der Waals surface area contributed by atoms with E-state index in [0.29, 0.717) is 0 Å². The maximum atomic E-state index is 5.74. The Bertz CT molecular complexity index is 608. The van der Waals surface area contributed by atoms with Crippen molar-refractivity contribution >= 4 is 0 Å². The third-order valence-corrected chi connectivity index (χ3v) is 3.58. The van der Waals surface area contributed by atoms with Crippen LogP contribution in [-0.2, 0) is 6.42 Å². The predicted octanol–water partition coefficient (Wildman–Crippen LogP) is 3.57. The fraction of sp³-hybridized carbons (Fsp3) is 0.333. The number of ether oxygens (including phenoxy) is 2. The molecule has 0 saturated heterocycles. The molecule has 0 bridgehead atoms. The number of nitrogens with two attached hydrogens (primary N) is 1. The Morgan fingerprint density at radius 2 is 1.90 bits per heavy atom. The number of fused-ring (bicyclic) bond motifs is 1. The van der Waals surface area contributed by atoms with E-state index in [2.05, 4.69) is 49.1 Å². The molecule has 3 rings (SSSR count). The van der Waals surface area contributed by atoms with Gasteiger partial charge in [0, 0.05) is 5.56 Å². The first-order chi connectivity index (χ1) is 10.3. The van der Waals surface area contributed by atoms with Crippen LogP contribution in [0.1, 0.15) is 17.5 Å². The molecule has 3 heteroatoms. The second-order valence-corrected chi connectivity index (χ2v) is 4.98. The molecule has 0 unspecified atom stereocenters. The van der Waals surface area contributed by atoms with Crippen LogP contribution in [0.15, 0.2) is 36.4 Å². The molecule has 0 spiro atoms. The van der Waals surface area contributed by atoms with Crippen molar-refractivity contribution < 1.29 is 9.47 Å². The first-order valence-electron chi connectivity index (χ1n) is 7.26. The summed E-state index contributed by atoms with van der Waals surface area (Å²) in [5, 5.41) is 0. The van der Waals surface area contributed by atoms with Crippen LogP contribution in [-0.4, -0.2) is 20.8 Å². The summed E-state index contributed by atoms with van der Waals surface area (Å²) in [6.45, 7) is 2.89. The summed E-state index contributed by atoms with van der Waals surface area (Å²) in [5.41, 5.74) is 9.28. The van der Waals surface area contributed by atoms with Crippen LogP contribution in [0.3, 0.4) is 0 Å². The van der Waals surface area contributed by atoms with Gasteiger partial charge in [0.05, 0.1) is 13.7 Å². The van der Waals surface area contributed by atoms with E-state index in [4.69, 9.17) is 9.47 Å². The van der Waals surface area contributed by atoms with Crippen molar-refractivity contribution in [3.63, 3.8) is 0 Å². The summed E-state index contributed by atoms with van der Waals surface area (Å²) in [6.07, 6.45) is 2.22. The Kier molecular flexibility index (Phi) is 5.23. The Labute approximate surface area is 126 Å². The van der Waals surface area contributed by atoms with Crippen LogP contribution in [0, 0.1) is 6.92 Å². The summed E-state index contributed by atoms with van der Waals surface area (Å²) in [7, 11) is 3.22. The minimum Gasteiger partial charge on any atom is -0.496 e. The van der Waals surface area contributed by atoms with E-state index in [1.54, 1.807) is 7.11 Å². The van der Waals surface area contributed by atoms with E-state index < -0.39 is 0 Å². The molecule has 21 heavy (non-hydrogen) atoms. The number of hydrogen-bond acceptors (Lipinski definition) is 3. The molecule has 1 aliphatic heterocycles. The second kappa shape index (κ2) is 7.14. The average molecular weight is 285 g/mol. The molecule has 0 radical (unpaired) electrons. The molecule has 1 heterocycles.